The molecule has 0 aromatic heterocycles. The summed E-state index contributed by atoms with van der Waals surface area (Å²) in [6.07, 6.45) is 0. The van der Waals surface area contributed by atoms with Crippen molar-refractivity contribution in [3.05, 3.63) is 57.6 Å². The van der Waals surface area contributed by atoms with Crippen molar-refractivity contribution in [1.29, 1.82) is 5.26 Å². The van der Waals surface area contributed by atoms with Crippen LogP contribution in [0.1, 0.15) is 11.1 Å². The highest BCUT2D eigenvalue weighted by molar-refractivity contribution is 9.10. The van der Waals surface area contributed by atoms with Crippen molar-refractivity contribution in [3.8, 4) is 17.6 Å². The summed E-state index contributed by atoms with van der Waals surface area (Å²) in [4.78, 5) is 0. The molecule has 0 aliphatic carbocycles. The first-order chi connectivity index (χ1) is 9.01. The van der Waals surface area contributed by atoms with Crippen molar-refractivity contribution >= 4 is 15.9 Å². The molecule has 0 heterocycles. The number of ether oxygens (including phenoxy) is 1. The highest BCUT2D eigenvalue weighted by Gasteiger charge is 2.14. The van der Waals surface area contributed by atoms with E-state index in [9.17, 15) is 8.78 Å². The third kappa shape index (κ3) is 2.91. The largest absolute Gasteiger partial charge is 0.451 e. The van der Waals surface area contributed by atoms with Crippen LogP contribution in [0, 0.1) is 29.9 Å². The molecule has 0 fully saturated rings. The molecule has 0 spiro atoms. The molecule has 0 saturated carbocycles. The predicted molar refractivity (Wildman–Crippen MR) is 70.0 cm³/mol. The molecule has 19 heavy (non-hydrogen) atoms. The Morgan fingerprint density at radius 1 is 1.16 bits per heavy atom. The quantitative estimate of drug-likeness (QED) is 0.802. The van der Waals surface area contributed by atoms with E-state index in [1.54, 1.807) is 31.2 Å². The maximum Gasteiger partial charge on any atom is 0.198 e. The molecular formula is C14H8BrF2NO. The van der Waals surface area contributed by atoms with Gasteiger partial charge in [-0.25, -0.2) is 8.78 Å². The Morgan fingerprint density at radius 3 is 2.32 bits per heavy atom. The first-order valence-corrected chi connectivity index (χ1v) is 6.13. The fourth-order valence-electron chi connectivity index (χ4n) is 1.56. The minimum Gasteiger partial charge on any atom is -0.451 e. The van der Waals surface area contributed by atoms with E-state index in [0.717, 1.165) is 22.2 Å². The topological polar surface area (TPSA) is 33.0 Å². The minimum atomic E-state index is -0.904. The second kappa shape index (κ2) is 5.37. The Morgan fingerprint density at radius 2 is 1.79 bits per heavy atom. The summed E-state index contributed by atoms with van der Waals surface area (Å²) in [5, 5.41) is 8.61. The van der Waals surface area contributed by atoms with Gasteiger partial charge in [-0.3, -0.25) is 0 Å². The molecule has 2 nitrogen and oxygen atoms in total. The summed E-state index contributed by atoms with van der Waals surface area (Å²) in [6.45, 7) is 1.76. The number of halogens is 3. The van der Waals surface area contributed by atoms with Gasteiger partial charge < -0.3 is 4.74 Å². The number of benzene rings is 2. The lowest BCUT2D eigenvalue weighted by molar-refractivity contribution is 0.405. The van der Waals surface area contributed by atoms with Crippen molar-refractivity contribution in [1.82, 2.24) is 0 Å². The lowest BCUT2D eigenvalue weighted by atomic mass is 10.2. The Labute approximate surface area is 117 Å². The Bertz CT molecular complexity index is 657. The summed E-state index contributed by atoms with van der Waals surface area (Å²) < 4.78 is 33.4. The van der Waals surface area contributed by atoms with Crippen LogP contribution in [0.3, 0.4) is 0 Å². The third-order valence-corrected chi connectivity index (χ3v) is 2.97. The standard InChI is InChI=1S/C14H8BrF2NO/c1-8-4-10(15)2-3-13(8)19-14-11(16)5-9(7-18)6-12(14)17/h2-6H,1H3. The second-order valence-corrected chi connectivity index (χ2v) is 4.81. The minimum absolute atomic E-state index is 0.0881. The average Bonchev–Trinajstić information content (AvgIpc) is 2.35. The lowest BCUT2D eigenvalue weighted by Gasteiger charge is -2.10. The normalized spacial score (nSPS) is 10.1. The van der Waals surface area contributed by atoms with Crippen LogP contribution in [0.4, 0.5) is 8.78 Å². The fraction of sp³-hybridized carbons (Fsp3) is 0.0714. The summed E-state index contributed by atoms with van der Waals surface area (Å²) in [5.41, 5.74) is 0.646. The molecule has 0 aliphatic heterocycles. The van der Waals surface area contributed by atoms with Gasteiger partial charge in [0.15, 0.2) is 17.4 Å². The molecule has 0 amide bonds. The molecule has 0 aliphatic rings. The van der Waals surface area contributed by atoms with Gasteiger partial charge in [-0.2, -0.15) is 5.26 Å². The van der Waals surface area contributed by atoms with Crippen molar-refractivity contribution in [2.75, 3.05) is 0 Å². The number of aryl methyl sites for hydroxylation is 1. The number of rotatable bonds is 2. The van der Waals surface area contributed by atoms with Gasteiger partial charge in [0.25, 0.3) is 0 Å². The fourth-order valence-corrected chi connectivity index (χ4v) is 2.03. The van der Waals surface area contributed by atoms with Gasteiger partial charge >= 0.3 is 0 Å². The number of hydrogen-bond donors (Lipinski definition) is 0. The molecule has 2 aromatic carbocycles. The Balaban J connectivity index is 2.41. The van der Waals surface area contributed by atoms with E-state index in [4.69, 9.17) is 10.00 Å². The van der Waals surface area contributed by atoms with E-state index in [-0.39, 0.29) is 5.56 Å². The van der Waals surface area contributed by atoms with Gasteiger partial charge in [-0.15, -0.1) is 0 Å². The second-order valence-electron chi connectivity index (χ2n) is 3.89. The highest BCUT2D eigenvalue weighted by Crippen LogP contribution is 2.31. The Kier molecular flexibility index (Phi) is 3.82. The van der Waals surface area contributed by atoms with E-state index in [1.165, 1.54) is 0 Å². The van der Waals surface area contributed by atoms with Gasteiger partial charge in [-0.1, -0.05) is 15.9 Å². The summed E-state index contributed by atoms with van der Waals surface area (Å²) in [7, 11) is 0. The molecule has 2 rings (SSSR count). The monoisotopic (exact) mass is 323 g/mol. The van der Waals surface area contributed by atoms with E-state index < -0.39 is 17.4 Å². The summed E-state index contributed by atoms with van der Waals surface area (Å²) in [5.74, 6) is -1.96. The van der Waals surface area contributed by atoms with E-state index in [1.807, 2.05) is 0 Å². The van der Waals surface area contributed by atoms with Gasteiger partial charge in [0.1, 0.15) is 5.75 Å². The molecule has 0 saturated heterocycles. The molecule has 5 heteroatoms. The van der Waals surface area contributed by atoms with Gasteiger partial charge in [-0.05, 0) is 42.8 Å². The molecule has 0 atom stereocenters. The Hall–Kier alpha value is -1.93. The van der Waals surface area contributed by atoms with E-state index >= 15 is 0 Å². The molecule has 0 unspecified atom stereocenters. The van der Waals surface area contributed by atoms with Crippen LogP contribution < -0.4 is 4.74 Å². The van der Waals surface area contributed by atoms with Crippen molar-refractivity contribution in [2.24, 2.45) is 0 Å². The highest BCUT2D eigenvalue weighted by atomic mass is 79.9. The van der Waals surface area contributed by atoms with Crippen LogP contribution in [-0.2, 0) is 0 Å². The molecule has 0 bridgehead atoms. The summed E-state index contributed by atoms with van der Waals surface area (Å²) >= 11 is 3.29. The van der Waals surface area contributed by atoms with E-state index in [2.05, 4.69) is 15.9 Å². The number of nitrogens with zero attached hydrogens (tertiary/aromatic N) is 1. The zero-order valence-corrected chi connectivity index (χ0v) is 11.5. The molecular weight excluding hydrogens is 316 g/mol. The smallest absolute Gasteiger partial charge is 0.198 e. The zero-order valence-electron chi connectivity index (χ0n) is 9.88. The number of hydrogen-bond acceptors (Lipinski definition) is 2. The van der Waals surface area contributed by atoms with Crippen LogP contribution >= 0.6 is 15.9 Å². The van der Waals surface area contributed by atoms with Gasteiger partial charge in [0.2, 0.25) is 0 Å². The zero-order chi connectivity index (χ0) is 14.0. The predicted octanol–water partition coefficient (Wildman–Crippen LogP) is 4.70. The maximum atomic E-state index is 13.7. The van der Waals surface area contributed by atoms with Gasteiger partial charge in [0.05, 0.1) is 11.6 Å². The number of nitriles is 1. The lowest BCUT2D eigenvalue weighted by Crippen LogP contribution is -1.95. The first kappa shape index (κ1) is 13.5. The van der Waals surface area contributed by atoms with Crippen LogP contribution in [0.25, 0.3) is 0 Å². The van der Waals surface area contributed by atoms with Crippen LogP contribution in [0.5, 0.6) is 11.5 Å². The SMILES string of the molecule is Cc1cc(Br)ccc1Oc1c(F)cc(C#N)cc1F. The van der Waals surface area contributed by atoms with Gasteiger partial charge in [0, 0.05) is 4.47 Å². The molecule has 96 valence electrons. The van der Waals surface area contributed by atoms with E-state index in [0.29, 0.717) is 5.75 Å². The average molecular weight is 324 g/mol. The van der Waals surface area contributed by atoms with Crippen LogP contribution in [0.15, 0.2) is 34.8 Å². The maximum absolute atomic E-state index is 13.7. The van der Waals surface area contributed by atoms with Crippen molar-refractivity contribution in [2.45, 2.75) is 6.92 Å². The van der Waals surface area contributed by atoms with Crippen molar-refractivity contribution < 1.29 is 13.5 Å². The molecule has 2 aromatic rings. The molecule has 0 N–H and O–H groups in total. The summed E-state index contributed by atoms with van der Waals surface area (Å²) in [6, 6.07) is 8.64. The first-order valence-electron chi connectivity index (χ1n) is 5.34. The van der Waals surface area contributed by atoms with Crippen LogP contribution in [0.2, 0.25) is 0 Å². The van der Waals surface area contributed by atoms with Crippen LogP contribution in [-0.4, -0.2) is 0 Å². The van der Waals surface area contributed by atoms with Crippen molar-refractivity contribution in [3.63, 3.8) is 0 Å². The molecule has 0 radical (unpaired) electrons. The third-order valence-electron chi connectivity index (χ3n) is 2.48.